The van der Waals surface area contributed by atoms with E-state index in [1.54, 1.807) is 0 Å². The van der Waals surface area contributed by atoms with Gasteiger partial charge in [0.2, 0.25) is 5.89 Å². The molecule has 0 radical (unpaired) electrons. The molecule has 0 saturated heterocycles. The van der Waals surface area contributed by atoms with Gasteiger partial charge in [-0.15, -0.1) is 12.4 Å². The van der Waals surface area contributed by atoms with Crippen molar-refractivity contribution < 1.29 is 4.52 Å². The molecule has 1 saturated carbocycles. The smallest absolute Gasteiger partial charge is 0.248 e. The number of rotatable bonds is 3. The molecule has 1 atom stereocenters. The van der Waals surface area contributed by atoms with E-state index >= 15 is 0 Å². The lowest BCUT2D eigenvalue weighted by atomic mass is 10.1. The number of hydrogen-bond acceptors (Lipinski definition) is 4. The molecule has 0 bridgehead atoms. The van der Waals surface area contributed by atoms with Gasteiger partial charge in [-0.25, -0.2) is 0 Å². The van der Waals surface area contributed by atoms with Gasteiger partial charge in [0, 0.05) is 5.92 Å². The van der Waals surface area contributed by atoms with E-state index in [0.29, 0.717) is 11.8 Å². The molecular weight excluding hydrogens is 262 g/mol. The van der Waals surface area contributed by atoms with Crippen LogP contribution in [0.15, 0.2) is 34.9 Å². The van der Waals surface area contributed by atoms with Crippen molar-refractivity contribution in [2.45, 2.75) is 37.6 Å². The lowest BCUT2D eigenvalue weighted by Crippen LogP contribution is -2.12. The molecule has 19 heavy (non-hydrogen) atoms. The maximum absolute atomic E-state index is 6.13. The maximum atomic E-state index is 6.13. The van der Waals surface area contributed by atoms with Crippen molar-refractivity contribution in [1.82, 2.24) is 10.1 Å². The molecule has 0 aliphatic heterocycles. The molecule has 2 N–H and O–H groups in total. The van der Waals surface area contributed by atoms with Gasteiger partial charge < -0.3 is 10.3 Å². The van der Waals surface area contributed by atoms with Crippen molar-refractivity contribution in [2.24, 2.45) is 5.73 Å². The van der Waals surface area contributed by atoms with Crippen LogP contribution in [0.25, 0.3) is 0 Å². The van der Waals surface area contributed by atoms with Gasteiger partial charge in [-0.2, -0.15) is 4.98 Å². The number of halogens is 1. The van der Waals surface area contributed by atoms with E-state index in [4.69, 9.17) is 10.3 Å². The molecule has 0 spiro atoms. The Kier molecular flexibility index (Phi) is 4.56. The van der Waals surface area contributed by atoms with E-state index in [2.05, 4.69) is 10.1 Å². The van der Waals surface area contributed by atoms with Gasteiger partial charge in [0.05, 0.1) is 0 Å². The third-order valence-electron chi connectivity index (χ3n) is 3.60. The Morgan fingerprint density at radius 3 is 2.53 bits per heavy atom. The number of nitrogens with zero attached hydrogens (tertiary/aromatic N) is 2. The fourth-order valence-corrected chi connectivity index (χ4v) is 2.53. The van der Waals surface area contributed by atoms with Crippen LogP contribution >= 0.6 is 12.4 Å². The molecular formula is C14H18ClN3O. The minimum atomic E-state index is -0.325. The van der Waals surface area contributed by atoms with Crippen molar-refractivity contribution in [3.05, 3.63) is 47.6 Å². The fourth-order valence-electron chi connectivity index (χ4n) is 2.53. The van der Waals surface area contributed by atoms with Crippen LogP contribution in [0, 0.1) is 0 Å². The number of nitrogens with two attached hydrogens (primary N) is 1. The first-order valence-electron chi connectivity index (χ1n) is 6.48. The van der Waals surface area contributed by atoms with Crippen molar-refractivity contribution >= 4 is 12.4 Å². The summed E-state index contributed by atoms with van der Waals surface area (Å²) in [6, 6.07) is 9.52. The zero-order valence-electron chi connectivity index (χ0n) is 10.7. The number of hydrogen-bond donors (Lipinski definition) is 1. The van der Waals surface area contributed by atoms with Gasteiger partial charge in [-0.3, -0.25) is 0 Å². The van der Waals surface area contributed by atoms with E-state index in [1.807, 2.05) is 30.3 Å². The van der Waals surface area contributed by atoms with Crippen molar-refractivity contribution in [3.8, 4) is 0 Å². The SMILES string of the molecule is Cl.N[C@@H](c1ccccc1)c1nc(C2CCCC2)no1. The maximum Gasteiger partial charge on any atom is 0.248 e. The van der Waals surface area contributed by atoms with Gasteiger partial charge in [-0.05, 0) is 18.4 Å². The molecule has 102 valence electrons. The Morgan fingerprint density at radius 2 is 1.84 bits per heavy atom. The van der Waals surface area contributed by atoms with Crippen LogP contribution in [0.1, 0.15) is 54.9 Å². The highest BCUT2D eigenvalue weighted by Gasteiger charge is 2.24. The van der Waals surface area contributed by atoms with Crippen molar-refractivity contribution in [2.75, 3.05) is 0 Å². The lowest BCUT2D eigenvalue weighted by Gasteiger charge is -2.06. The molecule has 1 aliphatic rings. The second-order valence-electron chi connectivity index (χ2n) is 4.86. The largest absolute Gasteiger partial charge is 0.337 e. The Morgan fingerprint density at radius 1 is 1.16 bits per heavy atom. The fraction of sp³-hybridized carbons (Fsp3) is 0.429. The molecule has 1 fully saturated rings. The van der Waals surface area contributed by atoms with Crippen LogP contribution in [0.2, 0.25) is 0 Å². The van der Waals surface area contributed by atoms with E-state index in [1.165, 1.54) is 25.7 Å². The Bertz CT molecular complexity index is 508. The van der Waals surface area contributed by atoms with Crippen LogP contribution in [0.5, 0.6) is 0 Å². The second kappa shape index (κ2) is 6.17. The summed E-state index contributed by atoms with van der Waals surface area (Å²) < 4.78 is 5.31. The Balaban J connectivity index is 0.00000133. The molecule has 0 unspecified atom stereocenters. The van der Waals surface area contributed by atoms with Gasteiger partial charge >= 0.3 is 0 Å². The number of benzene rings is 1. The van der Waals surface area contributed by atoms with Gasteiger partial charge in [0.15, 0.2) is 5.82 Å². The van der Waals surface area contributed by atoms with Crippen molar-refractivity contribution in [3.63, 3.8) is 0 Å². The predicted molar refractivity (Wildman–Crippen MR) is 75.2 cm³/mol. The molecule has 5 heteroatoms. The summed E-state index contributed by atoms with van der Waals surface area (Å²) in [4.78, 5) is 4.47. The molecule has 1 aromatic heterocycles. The average molecular weight is 280 g/mol. The third-order valence-corrected chi connectivity index (χ3v) is 3.60. The molecule has 1 aliphatic carbocycles. The first-order chi connectivity index (χ1) is 8.84. The molecule has 2 aromatic rings. The van der Waals surface area contributed by atoms with Crippen LogP contribution in [0.3, 0.4) is 0 Å². The third kappa shape index (κ3) is 2.96. The normalized spacial score (nSPS) is 17.1. The summed E-state index contributed by atoms with van der Waals surface area (Å²) in [6.45, 7) is 0. The van der Waals surface area contributed by atoms with E-state index < -0.39 is 0 Å². The quantitative estimate of drug-likeness (QED) is 0.937. The first kappa shape index (κ1) is 14.0. The van der Waals surface area contributed by atoms with E-state index in [9.17, 15) is 0 Å². The molecule has 1 heterocycles. The zero-order chi connectivity index (χ0) is 12.4. The average Bonchev–Trinajstić information content (AvgIpc) is 3.09. The zero-order valence-corrected chi connectivity index (χ0v) is 11.5. The monoisotopic (exact) mass is 279 g/mol. The summed E-state index contributed by atoms with van der Waals surface area (Å²) in [6.07, 6.45) is 4.86. The summed E-state index contributed by atoms with van der Waals surface area (Å²) in [5.74, 6) is 1.81. The van der Waals surface area contributed by atoms with Crippen LogP contribution < -0.4 is 5.73 Å². The highest BCUT2D eigenvalue weighted by molar-refractivity contribution is 5.85. The molecule has 3 rings (SSSR count). The lowest BCUT2D eigenvalue weighted by molar-refractivity contribution is 0.359. The predicted octanol–water partition coefficient (Wildman–Crippen LogP) is 3.20. The molecule has 0 amide bonds. The summed E-state index contributed by atoms with van der Waals surface area (Å²) in [5.41, 5.74) is 7.13. The Labute approximate surface area is 118 Å². The summed E-state index contributed by atoms with van der Waals surface area (Å²) in [5, 5.41) is 4.08. The van der Waals surface area contributed by atoms with Gasteiger partial charge in [0.1, 0.15) is 6.04 Å². The standard InChI is InChI=1S/C14H17N3O.ClH/c15-12(10-6-2-1-3-7-10)14-16-13(17-18-14)11-8-4-5-9-11;/h1-3,6-7,11-12H,4-5,8-9,15H2;1H/t12-;/m0./s1. The summed E-state index contributed by atoms with van der Waals surface area (Å²) >= 11 is 0. The van der Waals surface area contributed by atoms with Crippen LogP contribution in [-0.2, 0) is 0 Å². The minimum absolute atomic E-state index is 0. The highest BCUT2D eigenvalue weighted by Crippen LogP contribution is 2.32. The molecule has 4 nitrogen and oxygen atoms in total. The van der Waals surface area contributed by atoms with Crippen LogP contribution in [0.4, 0.5) is 0 Å². The summed E-state index contributed by atoms with van der Waals surface area (Å²) in [7, 11) is 0. The van der Waals surface area contributed by atoms with Crippen molar-refractivity contribution in [1.29, 1.82) is 0 Å². The minimum Gasteiger partial charge on any atom is -0.337 e. The van der Waals surface area contributed by atoms with E-state index in [-0.39, 0.29) is 18.4 Å². The molecule has 1 aromatic carbocycles. The van der Waals surface area contributed by atoms with Crippen LogP contribution in [-0.4, -0.2) is 10.1 Å². The Hall–Kier alpha value is -1.39. The van der Waals surface area contributed by atoms with Gasteiger partial charge in [-0.1, -0.05) is 48.3 Å². The number of aromatic nitrogens is 2. The highest BCUT2D eigenvalue weighted by atomic mass is 35.5. The first-order valence-corrected chi connectivity index (χ1v) is 6.48. The topological polar surface area (TPSA) is 64.9 Å². The van der Waals surface area contributed by atoms with Gasteiger partial charge in [0.25, 0.3) is 0 Å². The second-order valence-corrected chi connectivity index (χ2v) is 4.86. The van der Waals surface area contributed by atoms with E-state index in [0.717, 1.165) is 11.4 Å².